The number of nitrogens with zero attached hydrogens (tertiary/aromatic N) is 3. The third-order valence-electron chi connectivity index (χ3n) is 4.67. The average molecular weight is 410 g/mol. The molecule has 0 bridgehead atoms. The summed E-state index contributed by atoms with van der Waals surface area (Å²) in [7, 11) is 0. The molecule has 1 aliphatic heterocycles. The average Bonchev–Trinajstić information content (AvgIpc) is 3.26. The van der Waals surface area contributed by atoms with Crippen LogP contribution in [0.5, 0.6) is 5.75 Å². The molecule has 29 heavy (non-hydrogen) atoms. The summed E-state index contributed by atoms with van der Waals surface area (Å²) < 4.78 is 7.37. The molecular weight excluding hydrogens is 390 g/mol. The minimum atomic E-state index is -0.145. The third kappa shape index (κ3) is 3.76. The highest BCUT2D eigenvalue weighted by atomic mass is 35.5. The first-order valence-electron chi connectivity index (χ1n) is 9.34. The number of fused-ring (bicyclic) bond motifs is 1. The minimum Gasteiger partial charge on any atom is -0.493 e. The van der Waals surface area contributed by atoms with Gasteiger partial charge < -0.3 is 9.64 Å². The lowest BCUT2D eigenvalue weighted by molar-refractivity contribution is 0.0995. The first kappa shape index (κ1) is 19.2. The molecule has 3 aromatic rings. The van der Waals surface area contributed by atoms with E-state index in [-0.39, 0.29) is 5.91 Å². The molecule has 0 aliphatic carbocycles. The number of halogens is 1. The van der Waals surface area contributed by atoms with E-state index in [4.69, 9.17) is 16.3 Å². The van der Waals surface area contributed by atoms with Crippen LogP contribution in [0.4, 0.5) is 5.69 Å². The monoisotopic (exact) mass is 409 g/mol. The second-order valence-corrected chi connectivity index (χ2v) is 7.78. The molecule has 1 aliphatic rings. The van der Waals surface area contributed by atoms with Crippen molar-refractivity contribution in [1.29, 1.82) is 0 Å². The first-order valence-corrected chi connectivity index (χ1v) is 9.72. The Labute approximate surface area is 173 Å². The topological polar surface area (TPSA) is 64.4 Å². The van der Waals surface area contributed by atoms with Gasteiger partial charge in [-0.25, -0.2) is 4.68 Å². The van der Waals surface area contributed by atoms with Crippen molar-refractivity contribution < 1.29 is 14.3 Å². The number of anilines is 1. The highest BCUT2D eigenvalue weighted by molar-refractivity contribution is 6.30. The van der Waals surface area contributed by atoms with Crippen LogP contribution in [0.15, 0.2) is 48.7 Å². The number of hydrogen-bond donors (Lipinski definition) is 0. The van der Waals surface area contributed by atoms with Crippen molar-refractivity contribution >= 4 is 29.5 Å². The first-order chi connectivity index (χ1) is 14.0. The molecule has 0 spiro atoms. The number of carbonyl (C=O) groups excluding carboxylic acids is 2. The van der Waals surface area contributed by atoms with E-state index in [0.717, 1.165) is 12.0 Å². The lowest BCUT2D eigenvalue weighted by Gasteiger charge is -2.18. The van der Waals surface area contributed by atoms with Gasteiger partial charge in [0.2, 0.25) is 0 Å². The Morgan fingerprint density at radius 3 is 2.55 bits per heavy atom. The molecule has 0 N–H and O–H groups in total. The van der Waals surface area contributed by atoms with Gasteiger partial charge in [0.1, 0.15) is 5.75 Å². The summed E-state index contributed by atoms with van der Waals surface area (Å²) in [6, 6.07) is 12.5. The highest BCUT2D eigenvalue weighted by Crippen LogP contribution is 2.31. The van der Waals surface area contributed by atoms with Crippen molar-refractivity contribution in [3.63, 3.8) is 0 Å². The van der Waals surface area contributed by atoms with Gasteiger partial charge in [-0.3, -0.25) is 9.59 Å². The number of benzene rings is 2. The predicted octanol–water partition coefficient (Wildman–Crippen LogP) is 4.53. The SMILES string of the molecule is CC(C)COc1ccc(N2Cc3nn(-c4ccc(Cl)cc4)cc3C2=O)cc1C=O. The number of aromatic nitrogens is 2. The van der Waals surface area contributed by atoms with Crippen LogP contribution in [-0.2, 0) is 6.54 Å². The maximum Gasteiger partial charge on any atom is 0.262 e. The van der Waals surface area contributed by atoms with E-state index in [0.29, 0.717) is 52.3 Å². The molecule has 0 radical (unpaired) electrons. The van der Waals surface area contributed by atoms with Crippen molar-refractivity contribution in [2.45, 2.75) is 20.4 Å². The van der Waals surface area contributed by atoms with Crippen molar-refractivity contribution in [3.05, 3.63) is 70.5 Å². The van der Waals surface area contributed by atoms with Gasteiger partial charge >= 0.3 is 0 Å². The number of carbonyl (C=O) groups is 2. The molecule has 2 heterocycles. The Balaban J connectivity index is 1.57. The van der Waals surface area contributed by atoms with Gasteiger partial charge in [0.25, 0.3) is 5.91 Å². The van der Waals surface area contributed by atoms with Crippen LogP contribution in [-0.4, -0.2) is 28.6 Å². The van der Waals surface area contributed by atoms with E-state index in [2.05, 4.69) is 5.10 Å². The predicted molar refractivity (Wildman–Crippen MR) is 111 cm³/mol. The standard InChI is InChI=1S/C22H20ClN3O3/c1-14(2)13-29-21-8-7-18(9-15(21)12-27)25-11-20-19(22(25)28)10-26(24-20)17-5-3-16(23)4-6-17/h3-10,12,14H,11,13H2,1-2H3. The van der Waals surface area contributed by atoms with Gasteiger partial charge in [0, 0.05) is 16.9 Å². The van der Waals surface area contributed by atoms with Crippen LogP contribution in [0.1, 0.15) is 40.3 Å². The second kappa shape index (κ2) is 7.72. The lowest BCUT2D eigenvalue weighted by atomic mass is 10.1. The Morgan fingerprint density at radius 1 is 1.17 bits per heavy atom. The molecule has 1 amide bonds. The number of ether oxygens (including phenoxy) is 1. The Bertz CT molecular complexity index is 1070. The fourth-order valence-electron chi connectivity index (χ4n) is 3.19. The smallest absolute Gasteiger partial charge is 0.262 e. The molecule has 0 atom stereocenters. The molecule has 2 aromatic carbocycles. The maximum absolute atomic E-state index is 12.9. The van der Waals surface area contributed by atoms with E-state index in [1.807, 2.05) is 26.0 Å². The molecular formula is C22H20ClN3O3. The van der Waals surface area contributed by atoms with E-state index in [1.165, 1.54) is 0 Å². The highest BCUT2D eigenvalue weighted by Gasteiger charge is 2.32. The molecule has 148 valence electrons. The molecule has 0 saturated carbocycles. The summed E-state index contributed by atoms with van der Waals surface area (Å²) in [5, 5.41) is 5.18. The maximum atomic E-state index is 12.9. The van der Waals surface area contributed by atoms with Gasteiger partial charge in [-0.2, -0.15) is 5.10 Å². The molecule has 7 heteroatoms. The largest absolute Gasteiger partial charge is 0.493 e. The number of aldehydes is 1. The Kier molecular flexibility index (Phi) is 5.11. The van der Waals surface area contributed by atoms with Gasteiger partial charge in [-0.15, -0.1) is 0 Å². The van der Waals surface area contributed by atoms with E-state index in [1.54, 1.807) is 46.1 Å². The minimum absolute atomic E-state index is 0.145. The molecule has 1 aromatic heterocycles. The summed E-state index contributed by atoms with van der Waals surface area (Å²) >= 11 is 5.93. The molecule has 0 saturated heterocycles. The van der Waals surface area contributed by atoms with Crippen LogP contribution in [0.2, 0.25) is 5.02 Å². The van der Waals surface area contributed by atoms with Crippen LogP contribution in [0, 0.1) is 5.92 Å². The van der Waals surface area contributed by atoms with E-state index < -0.39 is 0 Å². The normalized spacial score (nSPS) is 13.1. The summed E-state index contributed by atoms with van der Waals surface area (Å²) in [4.78, 5) is 26.0. The van der Waals surface area contributed by atoms with E-state index >= 15 is 0 Å². The molecule has 0 unspecified atom stereocenters. The molecule has 6 nitrogen and oxygen atoms in total. The second-order valence-electron chi connectivity index (χ2n) is 7.35. The van der Waals surface area contributed by atoms with Gasteiger partial charge in [0.15, 0.2) is 6.29 Å². The van der Waals surface area contributed by atoms with Crippen LogP contribution in [0.3, 0.4) is 0 Å². The van der Waals surface area contributed by atoms with Gasteiger partial charge in [0.05, 0.1) is 35.7 Å². The fraction of sp³-hybridized carbons (Fsp3) is 0.227. The van der Waals surface area contributed by atoms with Crippen LogP contribution >= 0.6 is 11.6 Å². The number of rotatable bonds is 6. The molecule has 4 rings (SSSR count). The molecule has 0 fully saturated rings. The third-order valence-corrected chi connectivity index (χ3v) is 4.92. The van der Waals surface area contributed by atoms with E-state index in [9.17, 15) is 9.59 Å². The zero-order valence-electron chi connectivity index (χ0n) is 16.1. The Hall–Kier alpha value is -3.12. The lowest BCUT2D eigenvalue weighted by Crippen LogP contribution is -2.24. The zero-order valence-corrected chi connectivity index (χ0v) is 16.9. The summed E-state index contributed by atoms with van der Waals surface area (Å²) in [6.07, 6.45) is 2.47. The Morgan fingerprint density at radius 2 is 1.90 bits per heavy atom. The van der Waals surface area contributed by atoms with Crippen LogP contribution in [0.25, 0.3) is 5.69 Å². The summed E-state index contributed by atoms with van der Waals surface area (Å²) in [5.41, 5.74) is 3.14. The number of amides is 1. The quantitative estimate of drug-likeness (QED) is 0.561. The van der Waals surface area contributed by atoms with Crippen molar-refractivity contribution in [2.24, 2.45) is 5.92 Å². The zero-order chi connectivity index (χ0) is 20.5. The van der Waals surface area contributed by atoms with Crippen molar-refractivity contribution in [3.8, 4) is 11.4 Å². The van der Waals surface area contributed by atoms with Crippen LogP contribution < -0.4 is 9.64 Å². The van der Waals surface area contributed by atoms with Gasteiger partial charge in [-0.05, 0) is 48.4 Å². The number of hydrogen-bond acceptors (Lipinski definition) is 4. The van der Waals surface area contributed by atoms with Gasteiger partial charge in [-0.1, -0.05) is 25.4 Å². The van der Waals surface area contributed by atoms with Crippen molar-refractivity contribution in [2.75, 3.05) is 11.5 Å². The fourth-order valence-corrected chi connectivity index (χ4v) is 3.32. The summed E-state index contributed by atoms with van der Waals surface area (Å²) in [6.45, 7) is 4.95. The summed E-state index contributed by atoms with van der Waals surface area (Å²) in [5.74, 6) is 0.727. The van der Waals surface area contributed by atoms with Crippen molar-refractivity contribution in [1.82, 2.24) is 9.78 Å².